The van der Waals surface area contributed by atoms with E-state index >= 15 is 0 Å². The molecule has 0 aromatic heterocycles. The molecule has 0 bridgehead atoms. The molecule has 0 radical (unpaired) electrons. The fraction of sp³-hybridized carbons (Fsp3) is 0.462. The molecule has 0 aliphatic carbocycles. The van der Waals surface area contributed by atoms with Crippen LogP contribution in [0.15, 0.2) is 18.2 Å². The van der Waals surface area contributed by atoms with E-state index in [9.17, 15) is 9.00 Å². The van der Waals surface area contributed by atoms with Crippen molar-refractivity contribution in [1.82, 2.24) is 5.32 Å². The average molecular weight is 303 g/mol. The molecule has 0 spiro atoms. The molecule has 0 heterocycles. The summed E-state index contributed by atoms with van der Waals surface area (Å²) in [6.45, 7) is 4.51. The molecular formula is C13H19ClN2O2S. The normalized spacial score (nSPS) is 13.7. The second-order valence-electron chi connectivity index (χ2n) is 4.33. The van der Waals surface area contributed by atoms with Gasteiger partial charge in [-0.25, -0.2) is 0 Å². The van der Waals surface area contributed by atoms with Gasteiger partial charge < -0.3 is 10.6 Å². The Balaban J connectivity index is 2.85. The summed E-state index contributed by atoms with van der Waals surface area (Å²) in [7, 11) is -0.938. The Bertz CT molecular complexity index is 480. The van der Waals surface area contributed by atoms with Crippen molar-refractivity contribution in [3.05, 3.63) is 28.8 Å². The van der Waals surface area contributed by atoms with Crippen molar-refractivity contribution in [2.24, 2.45) is 0 Å². The Morgan fingerprint density at radius 2 is 2.16 bits per heavy atom. The Morgan fingerprint density at radius 3 is 2.74 bits per heavy atom. The van der Waals surface area contributed by atoms with E-state index < -0.39 is 10.8 Å². The molecule has 2 N–H and O–H groups in total. The summed E-state index contributed by atoms with van der Waals surface area (Å²) in [5, 5.41) is 6.45. The number of nitrogens with one attached hydrogen (secondary N) is 2. The lowest BCUT2D eigenvalue weighted by Crippen LogP contribution is -2.36. The van der Waals surface area contributed by atoms with E-state index in [1.165, 1.54) is 0 Å². The number of hydrogen-bond donors (Lipinski definition) is 2. The van der Waals surface area contributed by atoms with E-state index in [2.05, 4.69) is 10.6 Å². The zero-order valence-corrected chi connectivity index (χ0v) is 12.9. The summed E-state index contributed by atoms with van der Waals surface area (Å²) >= 11 is 5.93. The molecule has 0 saturated heterocycles. The number of carbonyl (C=O) groups excluding carboxylic acids is 1. The third kappa shape index (κ3) is 5.20. The van der Waals surface area contributed by atoms with Gasteiger partial charge in [-0.05, 0) is 32.0 Å². The van der Waals surface area contributed by atoms with Gasteiger partial charge in [0.2, 0.25) is 0 Å². The minimum Gasteiger partial charge on any atom is -0.385 e. The van der Waals surface area contributed by atoms with Gasteiger partial charge in [0.25, 0.3) is 5.91 Å². The standard InChI is InChI=1S/C13H19ClN2O2S/c1-4-15-12-6-5-10(14)7-11(12)13(17)16-9(2)8-19(3)18/h5-7,9,15H,4,8H2,1-3H3,(H,16,17). The first kappa shape index (κ1) is 16.0. The minimum atomic E-state index is -0.938. The molecule has 19 heavy (non-hydrogen) atoms. The molecule has 2 unspecified atom stereocenters. The number of hydrogen-bond acceptors (Lipinski definition) is 3. The number of anilines is 1. The lowest BCUT2D eigenvalue weighted by molar-refractivity contribution is 0.0944. The minimum absolute atomic E-state index is 0.146. The van der Waals surface area contributed by atoms with Crippen molar-refractivity contribution in [3.63, 3.8) is 0 Å². The molecule has 1 aromatic rings. The number of benzene rings is 1. The van der Waals surface area contributed by atoms with E-state index in [1.54, 1.807) is 24.5 Å². The van der Waals surface area contributed by atoms with Crippen LogP contribution in [0, 0.1) is 0 Å². The fourth-order valence-corrected chi connectivity index (χ4v) is 2.70. The molecule has 0 aliphatic rings. The van der Waals surface area contributed by atoms with Crippen LogP contribution in [0.3, 0.4) is 0 Å². The maximum absolute atomic E-state index is 12.2. The van der Waals surface area contributed by atoms with Gasteiger partial charge in [-0.3, -0.25) is 9.00 Å². The molecule has 6 heteroatoms. The first-order chi connectivity index (χ1) is 8.93. The molecule has 0 saturated carbocycles. The largest absolute Gasteiger partial charge is 0.385 e. The van der Waals surface area contributed by atoms with Crippen molar-refractivity contribution in [2.75, 3.05) is 23.9 Å². The van der Waals surface area contributed by atoms with Gasteiger partial charge in [0.15, 0.2) is 0 Å². The van der Waals surface area contributed by atoms with Crippen molar-refractivity contribution in [2.45, 2.75) is 19.9 Å². The van der Waals surface area contributed by atoms with Crippen molar-refractivity contribution >= 4 is 34.0 Å². The Hall–Kier alpha value is -1.07. The quantitative estimate of drug-likeness (QED) is 0.847. The van der Waals surface area contributed by atoms with Gasteiger partial charge in [-0.15, -0.1) is 0 Å². The molecule has 0 fully saturated rings. The zero-order valence-electron chi connectivity index (χ0n) is 11.3. The molecule has 1 aromatic carbocycles. The van der Waals surface area contributed by atoms with E-state index in [4.69, 9.17) is 11.6 Å². The van der Waals surface area contributed by atoms with Crippen LogP contribution in [-0.4, -0.2) is 34.7 Å². The van der Waals surface area contributed by atoms with E-state index in [0.29, 0.717) is 16.3 Å². The third-order valence-electron chi connectivity index (χ3n) is 2.46. The highest BCUT2D eigenvalue weighted by Crippen LogP contribution is 2.20. The topological polar surface area (TPSA) is 58.2 Å². The zero-order chi connectivity index (χ0) is 14.4. The van der Waals surface area contributed by atoms with Crippen LogP contribution in [-0.2, 0) is 10.8 Å². The van der Waals surface area contributed by atoms with Gasteiger partial charge in [-0.2, -0.15) is 0 Å². The highest BCUT2D eigenvalue weighted by atomic mass is 35.5. The number of amides is 1. The molecule has 1 amide bonds. The Kier molecular flexibility index (Phi) is 6.31. The second-order valence-corrected chi connectivity index (χ2v) is 6.25. The van der Waals surface area contributed by atoms with Gasteiger partial charge in [-0.1, -0.05) is 11.6 Å². The number of halogens is 1. The summed E-state index contributed by atoms with van der Waals surface area (Å²) in [5.74, 6) is 0.222. The molecule has 4 nitrogen and oxygen atoms in total. The summed E-state index contributed by atoms with van der Waals surface area (Å²) in [5.41, 5.74) is 1.25. The molecule has 1 rings (SSSR count). The smallest absolute Gasteiger partial charge is 0.253 e. The van der Waals surface area contributed by atoms with E-state index in [1.807, 2.05) is 13.8 Å². The predicted octanol–water partition coefficient (Wildman–Crippen LogP) is 2.27. The second kappa shape index (κ2) is 7.50. The number of carbonyl (C=O) groups is 1. The van der Waals surface area contributed by atoms with E-state index in [0.717, 1.165) is 12.2 Å². The van der Waals surface area contributed by atoms with Crippen LogP contribution in [0.1, 0.15) is 24.2 Å². The first-order valence-electron chi connectivity index (χ1n) is 6.08. The van der Waals surface area contributed by atoms with Crippen LogP contribution in [0.2, 0.25) is 5.02 Å². The molecular weight excluding hydrogens is 284 g/mol. The van der Waals surface area contributed by atoms with E-state index in [-0.39, 0.29) is 11.9 Å². The van der Waals surface area contributed by atoms with Gasteiger partial charge in [0, 0.05) is 46.1 Å². The Morgan fingerprint density at radius 1 is 1.47 bits per heavy atom. The van der Waals surface area contributed by atoms with Crippen molar-refractivity contribution in [3.8, 4) is 0 Å². The van der Waals surface area contributed by atoms with Gasteiger partial charge >= 0.3 is 0 Å². The summed E-state index contributed by atoms with van der Waals surface area (Å²) in [6, 6.07) is 5.00. The molecule has 106 valence electrons. The number of rotatable bonds is 6. The van der Waals surface area contributed by atoms with Gasteiger partial charge in [0.05, 0.1) is 5.56 Å². The summed E-state index contributed by atoms with van der Waals surface area (Å²) in [4.78, 5) is 12.2. The van der Waals surface area contributed by atoms with Crippen molar-refractivity contribution < 1.29 is 9.00 Å². The lowest BCUT2D eigenvalue weighted by atomic mass is 10.1. The predicted molar refractivity (Wildman–Crippen MR) is 81.5 cm³/mol. The highest BCUT2D eigenvalue weighted by Gasteiger charge is 2.15. The third-order valence-corrected chi connectivity index (χ3v) is 3.66. The lowest BCUT2D eigenvalue weighted by Gasteiger charge is -2.15. The average Bonchev–Trinajstić information content (AvgIpc) is 2.30. The monoisotopic (exact) mass is 302 g/mol. The maximum Gasteiger partial charge on any atom is 0.253 e. The van der Waals surface area contributed by atoms with Crippen LogP contribution < -0.4 is 10.6 Å². The van der Waals surface area contributed by atoms with Crippen LogP contribution in [0.25, 0.3) is 0 Å². The molecule has 2 atom stereocenters. The fourth-order valence-electron chi connectivity index (χ4n) is 1.74. The maximum atomic E-state index is 12.2. The van der Waals surface area contributed by atoms with Crippen LogP contribution >= 0.6 is 11.6 Å². The first-order valence-corrected chi connectivity index (χ1v) is 8.18. The summed E-state index contributed by atoms with van der Waals surface area (Å²) in [6.07, 6.45) is 1.62. The van der Waals surface area contributed by atoms with Crippen LogP contribution in [0.5, 0.6) is 0 Å². The van der Waals surface area contributed by atoms with Crippen LogP contribution in [0.4, 0.5) is 5.69 Å². The Labute approximate surface area is 121 Å². The van der Waals surface area contributed by atoms with Crippen molar-refractivity contribution in [1.29, 1.82) is 0 Å². The van der Waals surface area contributed by atoms with Gasteiger partial charge in [0.1, 0.15) is 0 Å². The summed E-state index contributed by atoms with van der Waals surface area (Å²) < 4.78 is 11.1. The SMILES string of the molecule is CCNc1ccc(Cl)cc1C(=O)NC(C)CS(C)=O. The molecule has 0 aliphatic heterocycles. The highest BCUT2D eigenvalue weighted by molar-refractivity contribution is 7.84.